The first kappa shape index (κ1) is 19.3. The van der Waals surface area contributed by atoms with Crippen LogP contribution in [0.3, 0.4) is 0 Å². The summed E-state index contributed by atoms with van der Waals surface area (Å²) in [6.07, 6.45) is 0. The smallest absolute Gasteiger partial charge is 0.300 e. The fraction of sp³-hybridized carbons (Fsp3) is 0.556. The van der Waals surface area contributed by atoms with Gasteiger partial charge in [0.2, 0.25) is 0 Å². The molecule has 0 aromatic carbocycles. The van der Waals surface area contributed by atoms with Crippen LogP contribution in [0.2, 0.25) is 0 Å². The van der Waals surface area contributed by atoms with Gasteiger partial charge in [-0.2, -0.15) is 0 Å². The lowest BCUT2D eigenvalue weighted by molar-refractivity contribution is -0.380. The molecule has 0 spiro atoms. The van der Waals surface area contributed by atoms with Crippen LogP contribution in [0.5, 0.6) is 0 Å². The van der Waals surface area contributed by atoms with Crippen molar-refractivity contribution >= 4 is 63.1 Å². The lowest BCUT2D eigenvalue weighted by atomic mass is 10.5. The van der Waals surface area contributed by atoms with Crippen molar-refractivity contribution in [3.8, 4) is 0 Å². The van der Waals surface area contributed by atoms with E-state index in [9.17, 15) is 14.7 Å². The van der Waals surface area contributed by atoms with E-state index in [1.165, 1.54) is 0 Å². The minimum atomic E-state index is -3.29. The van der Waals surface area contributed by atoms with Crippen molar-refractivity contribution in [2.75, 3.05) is 24.8 Å². The Morgan fingerprint density at radius 2 is 1.95 bits per heavy atom. The van der Waals surface area contributed by atoms with Gasteiger partial charge < -0.3 is 4.52 Å². The maximum absolute atomic E-state index is 12.4. The van der Waals surface area contributed by atoms with Gasteiger partial charge in [-0.25, -0.2) is 10.2 Å². The Morgan fingerprint density at radius 3 is 2.38 bits per heavy atom. The first-order chi connectivity index (χ1) is 9.91. The highest BCUT2D eigenvalue weighted by atomic mass is 79.9. The molecule has 120 valence electrons. The van der Waals surface area contributed by atoms with Gasteiger partial charge in [-0.3, -0.25) is 14.7 Å². The van der Waals surface area contributed by atoms with E-state index >= 15 is 0 Å². The number of nitrogens with zero attached hydrogens (tertiary/aromatic N) is 1. The molecule has 0 aliphatic rings. The van der Waals surface area contributed by atoms with Crippen molar-refractivity contribution < 1.29 is 14.0 Å². The van der Waals surface area contributed by atoms with Crippen molar-refractivity contribution in [3.63, 3.8) is 0 Å². The summed E-state index contributed by atoms with van der Waals surface area (Å²) in [7, 11) is -3.29. The van der Waals surface area contributed by atoms with Crippen molar-refractivity contribution in [2.24, 2.45) is 0 Å². The minimum absolute atomic E-state index is 0.0223. The number of halogens is 3. The Bertz CT molecular complexity index is 521. The van der Waals surface area contributed by atoms with Crippen LogP contribution in [-0.2, 0) is 15.7 Å². The molecule has 7 nitrogen and oxygen atoms in total. The second-order valence-electron chi connectivity index (χ2n) is 3.64. The van der Waals surface area contributed by atoms with E-state index in [-0.39, 0.29) is 23.4 Å². The standard InChI is InChI=1S/C9H13BrCl2N3O4PS/c10-8-5-7(21-9(8)15(16)17)6-19-20(18,13-3-1-11)14-4-2-12/h5H,1-4,6H2,(H2,13,14,18). The molecule has 0 saturated heterocycles. The van der Waals surface area contributed by atoms with E-state index in [0.717, 1.165) is 11.3 Å². The van der Waals surface area contributed by atoms with Crippen LogP contribution in [-0.4, -0.2) is 29.8 Å². The Morgan fingerprint density at radius 1 is 1.38 bits per heavy atom. The van der Waals surface area contributed by atoms with Crippen LogP contribution in [0.15, 0.2) is 10.5 Å². The summed E-state index contributed by atoms with van der Waals surface area (Å²) in [5, 5.41) is 16.1. The average Bonchev–Trinajstić information content (AvgIpc) is 2.82. The molecule has 0 aliphatic carbocycles. The fourth-order valence-corrected chi connectivity index (χ4v) is 4.84. The van der Waals surface area contributed by atoms with E-state index in [4.69, 9.17) is 27.7 Å². The van der Waals surface area contributed by atoms with Crippen LogP contribution in [0.1, 0.15) is 4.88 Å². The summed E-state index contributed by atoms with van der Waals surface area (Å²) in [4.78, 5) is 10.8. The number of alkyl halides is 2. The predicted octanol–water partition coefficient (Wildman–Crippen LogP) is 3.70. The molecule has 0 amide bonds. The molecule has 0 saturated carbocycles. The molecule has 0 fully saturated rings. The van der Waals surface area contributed by atoms with Gasteiger partial charge in [0.1, 0.15) is 4.47 Å². The van der Waals surface area contributed by atoms with Gasteiger partial charge in [0.15, 0.2) is 0 Å². The molecule has 1 aromatic rings. The molecular formula is C9H13BrCl2N3O4PS. The van der Waals surface area contributed by atoms with Crippen LogP contribution < -0.4 is 10.2 Å². The maximum Gasteiger partial charge on any atom is 0.341 e. The van der Waals surface area contributed by atoms with E-state index in [1.807, 2.05) is 0 Å². The normalized spacial score (nSPS) is 11.8. The number of nitrogens with one attached hydrogen (secondary N) is 2. The molecule has 0 aliphatic heterocycles. The van der Waals surface area contributed by atoms with Gasteiger partial charge in [0, 0.05) is 29.7 Å². The van der Waals surface area contributed by atoms with Crippen molar-refractivity contribution in [1.29, 1.82) is 0 Å². The fourth-order valence-electron chi connectivity index (χ4n) is 1.28. The SMILES string of the molecule is O=[N+]([O-])c1sc(COP(=O)(NCCCl)NCCCl)cc1Br. The van der Waals surface area contributed by atoms with Gasteiger partial charge in [-0.15, -0.1) is 23.2 Å². The van der Waals surface area contributed by atoms with Gasteiger partial charge in [-0.05, 0) is 22.0 Å². The zero-order chi connectivity index (χ0) is 15.9. The summed E-state index contributed by atoms with van der Waals surface area (Å²) in [5.74, 6) is 0.540. The highest BCUT2D eigenvalue weighted by Crippen LogP contribution is 2.41. The first-order valence-corrected chi connectivity index (χ1v) is 10.0. The van der Waals surface area contributed by atoms with Crippen LogP contribution in [0.4, 0.5) is 5.00 Å². The minimum Gasteiger partial charge on any atom is -0.300 e. The molecule has 21 heavy (non-hydrogen) atoms. The summed E-state index contributed by atoms with van der Waals surface area (Å²) >= 11 is 15.1. The maximum atomic E-state index is 12.4. The number of hydrogen-bond acceptors (Lipinski definition) is 5. The summed E-state index contributed by atoms with van der Waals surface area (Å²) in [6.45, 7) is 0.559. The zero-order valence-corrected chi connectivity index (χ0v) is 15.5. The lowest BCUT2D eigenvalue weighted by Gasteiger charge is -2.19. The third kappa shape index (κ3) is 6.50. The van der Waals surface area contributed by atoms with Crippen molar-refractivity contribution in [2.45, 2.75) is 6.61 Å². The Balaban J connectivity index is 2.69. The second kappa shape index (κ2) is 9.42. The lowest BCUT2D eigenvalue weighted by Crippen LogP contribution is -2.26. The topological polar surface area (TPSA) is 93.5 Å². The van der Waals surface area contributed by atoms with Gasteiger partial charge in [0.05, 0.1) is 11.5 Å². The molecule has 1 rings (SSSR count). The van der Waals surface area contributed by atoms with E-state index < -0.39 is 12.6 Å². The quantitative estimate of drug-likeness (QED) is 0.249. The second-order valence-corrected chi connectivity index (χ2v) is 8.36. The number of hydrogen-bond donors (Lipinski definition) is 2. The highest BCUT2D eigenvalue weighted by Gasteiger charge is 2.23. The van der Waals surface area contributed by atoms with Crippen molar-refractivity contribution in [3.05, 3.63) is 25.5 Å². The van der Waals surface area contributed by atoms with E-state index in [2.05, 4.69) is 26.1 Å². The highest BCUT2D eigenvalue weighted by molar-refractivity contribution is 9.10. The number of thiophene rings is 1. The predicted molar refractivity (Wildman–Crippen MR) is 88.5 cm³/mol. The van der Waals surface area contributed by atoms with Crippen LogP contribution in [0, 0.1) is 10.1 Å². The summed E-state index contributed by atoms with van der Waals surface area (Å²) in [6, 6.07) is 1.57. The number of rotatable bonds is 10. The molecule has 0 unspecified atom stereocenters. The first-order valence-electron chi connectivity index (χ1n) is 5.71. The summed E-state index contributed by atoms with van der Waals surface area (Å²) < 4.78 is 18.1. The molecule has 2 N–H and O–H groups in total. The molecular weight excluding hydrogens is 428 g/mol. The molecule has 0 bridgehead atoms. The van der Waals surface area contributed by atoms with Gasteiger partial charge in [-0.1, -0.05) is 11.3 Å². The molecule has 12 heteroatoms. The van der Waals surface area contributed by atoms with Gasteiger partial charge >= 0.3 is 12.7 Å². The zero-order valence-electron chi connectivity index (χ0n) is 10.7. The van der Waals surface area contributed by atoms with Gasteiger partial charge in [0.25, 0.3) is 0 Å². The van der Waals surface area contributed by atoms with Crippen LogP contribution in [0.25, 0.3) is 0 Å². The Hall–Kier alpha value is 0.270. The van der Waals surface area contributed by atoms with Crippen molar-refractivity contribution in [1.82, 2.24) is 10.2 Å². The third-order valence-corrected chi connectivity index (χ3v) is 6.18. The average molecular weight is 441 g/mol. The monoisotopic (exact) mass is 439 g/mol. The molecule has 1 heterocycles. The summed E-state index contributed by atoms with van der Waals surface area (Å²) in [5.41, 5.74) is 0. The Labute approximate surface area is 144 Å². The molecule has 1 aromatic heterocycles. The van der Waals surface area contributed by atoms with E-state index in [1.54, 1.807) is 6.07 Å². The largest absolute Gasteiger partial charge is 0.341 e. The van der Waals surface area contributed by atoms with Crippen LogP contribution >= 0.6 is 58.1 Å². The van der Waals surface area contributed by atoms with E-state index in [0.29, 0.717) is 22.4 Å². The Kier molecular flexibility index (Phi) is 8.66. The third-order valence-electron chi connectivity index (χ3n) is 2.10. The molecule has 0 atom stereocenters. The molecule has 0 radical (unpaired) electrons. The number of nitro groups is 1.